The summed E-state index contributed by atoms with van der Waals surface area (Å²) in [4.78, 5) is 13.4. The van der Waals surface area contributed by atoms with Crippen LogP contribution in [0, 0.1) is 5.82 Å². The van der Waals surface area contributed by atoms with Gasteiger partial charge in [0.1, 0.15) is 11.9 Å². The van der Waals surface area contributed by atoms with Gasteiger partial charge in [0.25, 0.3) is 0 Å². The highest BCUT2D eigenvalue weighted by Gasteiger charge is 2.18. The summed E-state index contributed by atoms with van der Waals surface area (Å²) in [7, 11) is 0. The second-order valence-corrected chi connectivity index (χ2v) is 4.42. The standard InChI is InChI=1S/C14H22FN3O/c1-3-9-17-13(14(16)19)10-18(4-2)12-7-5-11(15)6-8-12/h5-8,13,17H,3-4,9-10H2,1-2H3,(H2,16,19). The van der Waals surface area contributed by atoms with Crippen molar-refractivity contribution in [1.29, 1.82) is 0 Å². The Kier molecular flexibility index (Phi) is 6.29. The number of carbonyl (C=O) groups excluding carboxylic acids is 1. The molecule has 0 heterocycles. The molecule has 1 aromatic rings. The lowest BCUT2D eigenvalue weighted by Gasteiger charge is -2.27. The SMILES string of the molecule is CCCNC(CN(CC)c1ccc(F)cc1)C(N)=O. The van der Waals surface area contributed by atoms with Crippen LogP contribution in [0.15, 0.2) is 24.3 Å². The van der Waals surface area contributed by atoms with E-state index in [1.54, 1.807) is 12.1 Å². The Morgan fingerprint density at radius 3 is 2.47 bits per heavy atom. The van der Waals surface area contributed by atoms with Gasteiger partial charge in [-0.15, -0.1) is 0 Å². The number of carbonyl (C=O) groups is 1. The fraction of sp³-hybridized carbons (Fsp3) is 0.500. The topological polar surface area (TPSA) is 58.4 Å². The van der Waals surface area contributed by atoms with Crippen LogP contribution in [0.2, 0.25) is 0 Å². The molecule has 0 spiro atoms. The highest BCUT2D eigenvalue weighted by molar-refractivity contribution is 5.80. The Hall–Kier alpha value is -1.62. The molecule has 0 fully saturated rings. The first-order valence-electron chi connectivity index (χ1n) is 6.61. The van der Waals surface area contributed by atoms with Crippen LogP contribution in [0.5, 0.6) is 0 Å². The maximum absolute atomic E-state index is 12.9. The third-order valence-corrected chi connectivity index (χ3v) is 2.96. The minimum Gasteiger partial charge on any atom is -0.370 e. The van der Waals surface area contributed by atoms with E-state index in [2.05, 4.69) is 5.32 Å². The first-order chi connectivity index (χ1) is 9.08. The molecule has 0 saturated carbocycles. The van der Waals surface area contributed by atoms with Gasteiger partial charge in [-0.1, -0.05) is 6.92 Å². The second kappa shape index (κ2) is 7.74. The number of halogens is 1. The van der Waals surface area contributed by atoms with Crippen LogP contribution in [-0.4, -0.2) is 31.6 Å². The van der Waals surface area contributed by atoms with Crippen molar-refractivity contribution in [2.24, 2.45) is 5.73 Å². The fourth-order valence-corrected chi connectivity index (χ4v) is 1.86. The summed E-state index contributed by atoms with van der Waals surface area (Å²) in [5, 5.41) is 3.12. The Labute approximate surface area is 113 Å². The van der Waals surface area contributed by atoms with Crippen molar-refractivity contribution in [3.05, 3.63) is 30.1 Å². The van der Waals surface area contributed by atoms with E-state index in [-0.39, 0.29) is 11.7 Å². The molecule has 19 heavy (non-hydrogen) atoms. The van der Waals surface area contributed by atoms with Crippen LogP contribution in [0.3, 0.4) is 0 Å². The Balaban J connectivity index is 2.73. The molecule has 0 aliphatic carbocycles. The zero-order valence-electron chi connectivity index (χ0n) is 11.5. The van der Waals surface area contributed by atoms with Gasteiger partial charge in [-0.2, -0.15) is 0 Å². The summed E-state index contributed by atoms with van der Waals surface area (Å²) >= 11 is 0. The van der Waals surface area contributed by atoms with Gasteiger partial charge in [0.2, 0.25) is 5.91 Å². The molecule has 1 atom stereocenters. The predicted molar refractivity (Wildman–Crippen MR) is 75.6 cm³/mol. The number of nitrogens with two attached hydrogens (primary N) is 1. The van der Waals surface area contributed by atoms with E-state index in [1.807, 2.05) is 18.7 Å². The smallest absolute Gasteiger partial charge is 0.236 e. The summed E-state index contributed by atoms with van der Waals surface area (Å²) in [6.45, 7) is 5.97. The van der Waals surface area contributed by atoms with Crippen molar-refractivity contribution in [3.63, 3.8) is 0 Å². The normalized spacial score (nSPS) is 12.2. The average molecular weight is 267 g/mol. The molecule has 0 aliphatic rings. The molecule has 5 heteroatoms. The van der Waals surface area contributed by atoms with Gasteiger partial charge in [0.05, 0.1) is 0 Å². The third-order valence-electron chi connectivity index (χ3n) is 2.96. The van der Waals surface area contributed by atoms with E-state index in [9.17, 15) is 9.18 Å². The van der Waals surface area contributed by atoms with Gasteiger partial charge in [-0.25, -0.2) is 4.39 Å². The van der Waals surface area contributed by atoms with E-state index in [0.717, 1.165) is 25.2 Å². The molecular weight excluding hydrogens is 245 g/mol. The molecule has 4 nitrogen and oxygen atoms in total. The summed E-state index contributed by atoms with van der Waals surface area (Å²) in [6, 6.07) is 5.84. The van der Waals surface area contributed by atoms with Gasteiger partial charge in [0, 0.05) is 18.8 Å². The van der Waals surface area contributed by atoms with Gasteiger partial charge in [-0.05, 0) is 44.2 Å². The number of hydrogen-bond acceptors (Lipinski definition) is 3. The Morgan fingerprint density at radius 2 is 2.00 bits per heavy atom. The average Bonchev–Trinajstić information content (AvgIpc) is 2.40. The summed E-state index contributed by atoms with van der Waals surface area (Å²) in [5.74, 6) is -0.635. The largest absolute Gasteiger partial charge is 0.370 e. The van der Waals surface area contributed by atoms with E-state index < -0.39 is 6.04 Å². The molecule has 0 radical (unpaired) electrons. The van der Waals surface area contributed by atoms with Crippen LogP contribution in [-0.2, 0) is 4.79 Å². The predicted octanol–water partition coefficient (Wildman–Crippen LogP) is 1.51. The maximum Gasteiger partial charge on any atom is 0.236 e. The van der Waals surface area contributed by atoms with Crippen molar-refractivity contribution in [3.8, 4) is 0 Å². The lowest BCUT2D eigenvalue weighted by molar-refractivity contribution is -0.119. The van der Waals surface area contributed by atoms with Gasteiger partial charge >= 0.3 is 0 Å². The zero-order valence-corrected chi connectivity index (χ0v) is 11.5. The van der Waals surface area contributed by atoms with Crippen LogP contribution < -0.4 is 16.0 Å². The second-order valence-electron chi connectivity index (χ2n) is 4.42. The number of rotatable bonds is 8. The van der Waals surface area contributed by atoms with Gasteiger partial charge < -0.3 is 16.0 Å². The lowest BCUT2D eigenvalue weighted by Crippen LogP contribution is -2.49. The zero-order chi connectivity index (χ0) is 14.3. The molecule has 0 aliphatic heterocycles. The molecular formula is C14H22FN3O. The van der Waals surface area contributed by atoms with Crippen LogP contribution in [0.4, 0.5) is 10.1 Å². The number of hydrogen-bond donors (Lipinski definition) is 2. The number of benzene rings is 1. The van der Waals surface area contributed by atoms with E-state index in [4.69, 9.17) is 5.73 Å². The van der Waals surface area contributed by atoms with Crippen molar-refractivity contribution in [2.75, 3.05) is 24.5 Å². The van der Waals surface area contributed by atoms with Gasteiger partial charge in [0.15, 0.2) is 0 Å². The van der Waals surface area contributed by atoms with Crippen molar-refractivity contribution in [2.45, 2.75) is 26.3 Å². The minimum absolute atomic E-state index is 0.268. The molecule has 0 saturated heterocycles. The number of likely N-dealkylation sites (N-methyl/N-ethyl adjacent to an activating group) is 1. The van der Waals surface area contributed by atoms with Crippen LogP contribution >= 0.6 is 0 Å². The van der Waals surface area contributed by atoms with Gasteiger partial charge in [-0.3, -0.25) is 4.79 Å². The number of amides is 1. The summed E-state index contributed by atoms with van der Waals surface area (Å²) in [6.07, 6.45) is 0.937. The molecule has 1 rings (SSSR count). The maximum atomic E-state index is 12.9. The molecule has 0 bridgehead atoms. The summed E-state index contributed by atoms with van der Waals surface area (Å²) < 4.78 is 12.9. The number of nitrogens with one attached hydrogen (secondary N) is 1. The monoisotopic (exact) mass is 267 g/mol. The van der Waals surface area contributed by atoms with Crippen molar-refractivity contribution < 1.29 is 9.18 Å². The molecule has 1 unspecified atom stereocenters. The first kappa shape index (κ1) is 15.4. The number of anilines is 1. The highest BCUT2D eigenvalue weighted by atomic mass is 19.1. The third kappa shape index (κ3) is 4.87. The summed E-state index contributed by atoms with van der Waals surface area (Å²) in [5.41, 5.74) is 6.28. The van der Waals surface area contributed by atoms with Crippen LogP contribution in [0.1, 0.15) is 20.3 Å². The Morgan fingerprint density at radius 1 is 1.37 bits per heavy atom. The molecule has 1 aromatic carbocycles. The highest BCUT2D eigenvalue weighted by Crippen LogP contribution is 2.14. The molecule has 1 amide bonds. The number of nitrogens with zero attached hydrogens (tertiary/aromatic N) is 1. The molecule has 106 valence electrons. The molecule has 0 aromatic heterocycles. The quantitative estimate of drug-likeness (QED) is 0.750. The van der Waals surface area contributed by atoms with E-state index in [1.165, 1.54) is 12.1 Å². The van der Waals surface area contributed by atoms with E-state index in [0.29, 0.717) is 6.54 Å². The fourth-order valence-electron chi connectivity index (χ4n) is 1.86. The van der Waals surface area contributed by atoms with Crippen LogP contribution in [0.25, 0.3) is 0 Å². The van der Waals surface area contributed by atoms with Crippen molar-refractivity contribution >= 4 is 11.6 Å². The van der Waals surface area contributed by atoms with E-state index >= 15 is 0 Å². The first-order valence-corrected chi connectivity index (χ1v) is 6.61. The lowest BCUT2D eigenvalue weighted by atomic mass is 10.2. The number of primary amides is 1. The van der Waals surface area contributed by atoms with Crippen molar-refractivity contribution in [1.82, 2.24) is 5.32 Å². The minimum atomic E-state index is -0.398. The molecule has 3 N–H and O–H groups in total. The Bertz CT molecular complexity index is 394.